The van der Waals surface area contributed by atoms with Gasteiger partial charge in [0.05, 0.1) is 29.5 Å². The summed E-state index contributed by atoms with van der Waals surface area (Å²) in [5, 5.41) is 5.92. The van der Waals surface area contributed by atoms with Crippen LogP contribution in [-0.2, 0) is 25.0 Å². The van der Waals surface area contributed by atoms with Crippen molar-refractivity contribution in [2.75, 3.05) is 49.6 Å². The minimum Gasteiger partial charge on any atom is -0.379 e. The van der Waals surface area contributed by atoms with Crippen LogP contribution in [0.1, 0.15) is 76.2 Å². The van der Waals surface area contributed by atoms with E-state index in [4.69, 9.17) is 4.74 Å². The fraction of sp³-hybridized carbons (Fsp3) is 0.562. The second kappa shape index (κ2) is 13.6. The fourth-order valence-corrected chi connectivity index (χ4v) is 6.83. The number of morpholine rings is 1. The van der Waals surface area contributed by atoms with Gasteiger partial charge in [0.1, 0.15) is 6.04 Å². The third-order valence-electron chi connectivity index (χ3n) is 8.03. The van der Waals surface area contributed by atoms with Gasteiger partial charge in [-0.3, -0.25) is 9.59 Å². The molecule has 0 aliphatic carbocycles. The third kappa shape index (κ3) is 7.71. The molecule has 42 heavy (non-hydrogen) atoms. The lowest BCUT2D eigenvalue weighted by atomic mass is 9.86. The highest BCUT2D eigenvalue weighted by Gasteiger charge is 2.30. The second-order valence-corrected chi connectivity index (χ2v) is 14.5. The van der Waals surface area contributed by atoms with Crippen LogP contribution in [0.3, 0.4) is 0 Å². The zero-order valence-electron chi connectivity index (χ0n) is 25.6. The highest BCUT2D eigenvalue weighted by Crippen LogP contribution is 2.32. The van der Waals surface area contributed by atoms with E-state index >= 15 is 0 Å². The molecule has 0 aromatic heterocycles. The van der Waals surface area contributed by atoms with Crippen LogP contribution in [0.25, 0.3) is 0 Å². The van der Waals surface area contributed by atoms with Gasteiger partial charge in [0, 0.05) is 31.7 Å². The number of amides is 2. The van der Waals surface area contributed by atoms with Gasteiger partial charge in [0.15, 0.2) is 0 Å². The van der Waals surface area contributed by atoms with Crippen molar-refractivity contribution in [3.8, 4) is 0 Å². The summed E-state index contributed by atoms with van der Waals surface area (Å²) >= 11 is 0. The molecule has 1 atom stereocenters. The maximum absolute atomic E-state index is 13.8. The summed E-state index contributed by atoms with van der Waals surface area (Å²) in [6.07, 6.45) is 4.33. The first-order valence-electron chi connectivity index (χ1n) is 15.1. The lowest BCUT2D eigenvalue weighted by Gasteiger charge is -2.29. The average Bonchev–Trinajstić information content (AvgIpc) is 3.25. The SMILES string of the molecule is CC(C)[C@@H](NC(=O)c1ccc(C(C)(C)C)cc1)C(=O)Nc1cc(S(=O)(=O)N2CCOCC2)ccc1N1CCCCCC1. The Labute approximate surface area is 251 Å². The van der Waals surface area contributed by atoms with Crippen LogP contribution in [0, 0.1) is 5.92 Å². The normalized spacial score (nSPS) is 17.9. The van der Waals surface area contributed by atoms with Crippen LogP contribution in [0.2, 0.25) is 0 Å². The number of hydrogen-bond donors (Lipinski definition) is 2. The molecule has 0 bridgehead atoms. The molecule has 9 nitrogen and oxygen atoms in total. The quantitative estimate of drug-likeness (QED) is 0.453. The molecule has 2 aromatic carbocycles. The van der Waals surface area contributed by atoms with Crippen molar-refractivity contribution in [3.05, 3.63) is 53.6 Å². The molecule has 2 amide bonds. The lowest BCUT2D eigenvalue weighted by Crippen LogP contribution is -2.47. The van der Waals surface area contributed by atoms with Gasteiger partial charge < -0.3 is 20.3 Å². The Balaban J connectivity index is 1.61. The summed E-state index contributed by atoms with van der Waals surface area (Å²) in [4.78, 5) is 29.3. The summed E-state index contributed by atoms with van der Waals surface area (Å²) in [6, 6.07) is 11.6. The van der Waals surface area contributed by atoms with E-state index in [1.54, 1.807) is 30.3 Å². The Morgan fingerprint density at radius 1 is 0.881 bits per heavy atom. The first kappa shape index (κ1) is 32.0. The van der Waals surface area contributed by atoms with Gasteiger partial charge in [0.2, 0.25) is 15.9 Å². The molecule has 2 heterocycles. The molecule has 230 valence electrons. The predicted octanol–water partition coefficient (Wildman–Crippen LogP) is 4.78. The number of nitrogens with one attached hydrogen (secondary N) is 2. The number of anilines is 2. The predicted molar refractivity (Wildman–Crippen MR) is 167 cm³/mol. The summed E-state index contributed by atoms with van der Waals surface area (Å²) in [6.45, 7) is 13.0. The van der Waals surface area contributed by atoms with Gasteiger partial charge >= 0.3 is 0 Å². The molecule has 2 N–H and O–H groups in total. The van der Waals surface area contributed by atoms with Gasteiger partial charge in [-0.1, -0.05) is 59.6 Å². The number of hydrogen-bond acceptors (Lipinski definition) is 6. The number of rotatable bonds is 8. The van der Waals surface area contributed by atoms with E-state index in [1.165, 1.54) is 4.31 Å². The molecule has 4 rings (SSSR count). The monoisotopic (exact) mass is 598 g/mol. The largest absolute Gasteiger partial charge is 0.379 e. The molecule has 0 spiro atoms. The molecule has 2 aliphatic heterocycles. The molecule has 10 heteroatoms. The second-order valence-electron chi connectivity index (χ2n) is 12.6. The molecule has 0 unspecified atom stereocenters. The van der Waals surface area contributed by atoms with Crippen LogP contribution in [-0.4, -0.2) is 70.0 Å². The van der Waals surface area contributed by atoms with Gasteiger partial charge in [-0.05, 0) is 60.1 Å². The summed E-state index contributed by atoms with van der Waals surface area (Å²) in [5.41, 5.74) is 2.78. The van der Waals surface area contributed by atoms with Gasteiger partial charge in [-0.25, -0.2) is 8.42 Å². The highest BCUT2D eigenvalue weighted by atomic mass is 32.2. The molecular weight excluding hydrogens is 552 g/mol. The van der Waals surface area contributed by atoms with Crippen LogP contribution >= 0.6 is 0 Å². The number of sulfonamides is 1. The lowest BCUT2D eigenvalue weighted by molar-refractivity contribution is -0.118. The molecule has 2 aliphatic rings. The number of carbonyl (C=O) groups is 2. The topological polar surface area (TPSA) is 108 Å². The Kier molecular flexibility index (Phi) is 10.3. The minimum absolute atomic E-state index is 0.0375. The van der Waals surface area contributed by atoms with Crippen LogP contribution in [0.5, 0.6) is 0 Å². The van der Waals surface area contributed by atoms with Gasteiger partial charge in [-0.15, -0.1) is 0 Å². The van der Waals surface area contributed by atoms with Crippen molar-refractivity contribution in [2.24, 2.45) is 5.92 Å². The fourth-order valence-electron chi connectivity index (χ4n) is 5.39. The van der Waals surface area contributed by atoms with E-state index in [2.05, 4.69) is 36.3 Å². The number of carbonyl (C=O) groups excluding carboxylic acids is 2. The van der Waals surface area contributed by atoms with Crippen molar-refractivity contribution >= 4 is 33.2 Å². The van der Waals surface area contributed by atoms with Gasteiger partial charge in [-0.2, -0.15) is 4.31 Å². The third-order valence-corrected chi connectivity index (χ3v) is 9.92. The Morgan fingerprint density at radius 2 is 1.50 bits per heavy atom. The highest BCUT2D eigenvalue weighted by molar-refractivity contribution is 7.89. The average molecular weight is 599 g/mol. The summed E-state index contributed by atoms with van der Waals surface area (Å²) < 4.78 is 33.7. The summed E-state index contributed by atoms with van der Waals surface area (Å²) in [7, 11) is -3.77. The molecular formula is C32H46N4O5S. The Morgan fingerprint density at radius 3 is 2.07 bits per heavy atom. The van der Waals surface area contributed by atoms with Crippen molar-refractivity contribution in [1.29, 1.82) is 0 Å². The molecule has 0 saturated carbocycles. The Bertz CT molecular complexity index is 1340. The van der Waals surface area contributed by atoms with Crippen molar-refractivity contribution in [1.82, 2.24) is 9.62 Å². The van der Waals surface area contributed by atoms with Crippen molar-refractivity contribution < 1.29 is 22.7 Å². The van der Waals surface area contributed by atoms with Crippen LogP contribution in [0.4, 0.5) is 11.4 Å². The standard InChI is InChI=1S/C32H46N4O5S/c1-23(2)29(34-30(37)24-10-12-25(13-11-24)32(3,4)5)31(38)33-27-22-26(42(39,40)36-18-20-41-21-19-36)14-15-28(27)35-16-8-6-7-9-17-35/h10-15,22-23,29H,6-9,16-21H2,1-5H3,(H,33,38)(H,34,37)/t29-/m1/s1. The first-order chi connectivity index (χ1) is 19.9. The van der Waals surface area contributed by atoms with Crippen molar-refractivity contribution in [2.45, 2.75) is 76.7 Å². The van der Waals surface area contributed by atoms with E-state index in [1.807, 2.05) is 26.0 Å². The molecule has 0 radical (unpaired) electrons. The van der Waals surface area contributed by atoms with E-state index in [0.717, 1.165) is 50.0 Å². The van der Waals surface area contributed by atoms with Crippen LogP contribution < -0.4 is 15.5 Å². The Hall–Kier alpha value is -2.95. The zero-order valence-corrected chi connectivity index (χ0v) is 26.4. The smallest absolute Gasteiger partial charge is 0.251 e. The maximum Gasteiger partial charge on any atom is 0.251 e. The van der Waals surface area contributed by atoms with E-state index in [-0.39, 0.29) is 41.1 Å². The van der Waals surface area contributed by atoms with E-state index < -0.39 is 16.1 Å². The molecule has 2 aromatic rings. The molecule has 2 fully saturated rings. The van der Waals surface area contributed by atoms with Gasteiger partial charge in [0.25, 0.3) is 5.91 Å². The van der Waals surface area contributed by atoms with Crippen molar-refractivity contribution in [3.63, 3.8) is 0 Å². The zero-order chi connectivity index (χ0) is 30.5. The maximum atomic E-state index is 13.8. The summed E-state index contributed by atoms with van der Waals surface area (Å²) in [5.74, 6) is -0.924. The minimum atomic E-state index is -3.77. The number of nitrogens with zero attached hydrogens (tertiary/aromatic N) is 2. The van der Waals surface area contributed by atoms with E-state index in [9.17, 15) is 18.0 Å². The molecule has 2 saturated heterocycles. The number of benzene rings is 2. The first-order valence-corrected chi connectivity index (χ1v) is 16.5. The van der Waals surface area contributed by atoms with E-state index in [0.29, 0.717) is 24.5 Å². The van der Waals surface area contributed by atoms with Crippen LogP contribution in [0.15, 0.2) is 47.4 Å². The number of ether oxygens (including phenoxy) is 1.